The van der Waals surface area contributed by atoms with Gasteiger partial charge in [-0.05, 0) is 48.7 Å². The number of carboxylic acid groups (broad SMARTS) is 1. The molecule has 112 valence electrons. The Kier molecular flexibility index (Phi) is 3.22. The summed E-state index contributed by atoms with van der Waals surface area (Å²) in [6.07, 6.45) is 1.65. The second-order valence-electron chi connectivity index (χ2n) is 5.58. The standard InChI is InChI=1S/C17H16N2O3/c1-10-3-4-12(16(20)21)8-14(10)11-5-6-15-13(7-11)9-18-19-17(15,2)22/h3-9,19,22H,1-2H3,(H,20,21). The molecule has 0 saturated carbocycles. The lowest BCUT2D eigenvalue weighted by molar-refractivity contribution is 0.0192. The molecule has 2 aromatic rings. The van der Waals surface area contributed by atoms with Crippen molar-refractivity contribution in [2.24, 2.45) is 5.10 Å². The first-order valence-electron chi connectivity index (χ1n) is 6.90. The van der Waals surface area contributed by atoms with Gasteiger partial charge in [0.2, 0.25) is 0 Å². The lowest BCUT2D eigenvalue weighted by atomic mass is 9.91. The fourth-order valence-electron chi connectivity index (χ4n) is 2.63. The fourth-order valence-corrected chi connectivity index (χ4v) is 2.63. The molecule has 0 spiro atoms. The second kappa shape index (κ2) is 4.96. The topological polar surface area (TPSA) is 81.9 Å². The van der Waals surface area contributed by atoms with Crippen LogP contribution in [0.2, 0.25) is 0 Å². The minimum Gasteiger partial charge on any atom is -0.478 e. The summed E-state index contributed by atoms with van der Waals surface area (Å²) in [7, 11) is 0. The molecule has 0 radical (unpaired) electrons. The number of nitrogens with zero attached hydrogens (tertiary/aromatic N) is 1. The predicted molar refractivity (Wildman–Crippen MR) is 83.9 cm³/mol. The van der Waals surface area contributed by atoms with E-state index in [0.717, 1.165) is 27.8 Å². The summed E-state index contributed by atoms with van der Waals surface area (Å²) in [6, 6.07) is 10.7. The van der Waals surface area contributed by atoms with E-state index >= 15 is 0 Å². The summed E-state index contributed by atoms with van der Waals surface area (Å²) in [6.45, 7) is 3.57. The van der Waals surface area contributed by atoms with Crippen LogP contribution in [0.5, 0.6) is 0 Å². The number of hydrazone groups is 1. The minimum atomic E-state index is -1.21. The van der Waals surface area contributed by atoms with Crippen LogP contribution >= 0.6 is 0 Å². The molecule has 3 N–H and O–H groups in total. The number of aryl methyl sites for hydroxylation is 1. The number of fused-ring (bicyclic) bond motifs is 1. The van der Waals surface area contributed by atoms with E-state index in [2.05, 4.69) is 10.5 Å². The lowest BCUT2D eigenvalue weighted by Crippen LogP contribution is -2.39. The summed E-state index contributed by atoms with van der Waals surface area (Å²) >= 11 is 0. The average molecular weight is 296 g/mol. The fraction of sp³-hybridized carbons (Fsp3) is 0.176. The van der Waals surface area contributed by atoms with Gasteiger partial charge in [-0.15, -0.1) is 0 Å². The number of carboxylic acids is 1. The van der Waals surface area contributed by atoms with Crippen molar-refractivity contribution in [3.05, 3.63) is 58.7 Å². The van der Waals surface area contributed by atoms with Gasteiger partial charge in [0.05, 0.1) is 11.8 Å². The quantitative estimate of drug-likeness (QED) is 0.795. The van der Waals surface area contributed by atoms with E-state index in [1.165, 1.54) is 0 Å². The zero-order valence-electron chi connectivity index (χ0n) is 12.3. The SMILES string of the molecule is Cc1ccc(C(=O)O)cc1-c1ccc2c(c1)C=NNC2(C)O. The first-order chi connectivity index (χ1) is 10.4. The van der Waals surface area contributed by atoms with E-state index in [-0.39, 0.29) is 5.56 Å². The third-order valence-corrected chi connectivity index (χ3v) is 3.86. The van der Waals surface area contributed by atoms with Gasteiger partial charge in [0.25, 0.3) is 0 Å². The molecule has 3 rings (SSSR count). The molecule has 0 aromatic heterocycles. The van der Waals surface area contributed by atoms with Crippen molar-refractivity contribution in [2.45, 2.75) is 19.6 Å². The molecule has 0 bridgehead atoms. The highest BCUT2D eigenvalue weighted by molar-refractivity contribution is 5.91. The highest BCUT2D eigenvalue weighted by atomic mass is 16.4. The Morgan fingerprint density at radius 3 is 2.73 bits per heavy atom. The zero-order chi connectivity index (χ0) is 15.9. The molecule has 0 amide bonds. The first kappa shape index (κ1) is 14.3. The zero-order valence-corrected chi connectivity index (χ0v) is 12.3. The Morgan fingerprint density at radius 2 is 2.00 bits per heavy atom. The Hall–Kier alpha value is -2.66. The third kappa shape index (κ3) is 2.35. The number of carbonyl (C=O) groups is 1. The van der Waals surface area contributed by atoms with E-state index in [4.69, 9.17) is 5.11 Å². The van der Waals surface area contributed by atoms with Crippen LogP contribution in [0.4, 0.5) is 0 Å². The molecule has 2 aromatic carbocycles. The van der Waals surface area contributed by atoms with Crippen molar-refractivity contribution in [1.82, 2.24) is 5.43 Å². The van der Waals surface area contributed by atoms with Crippen molar-refractivity contribution >= 4 is 12.2 Å². The monoisotopic (exact) mass is 296 g/mol. The summed E-state index contributed by atoms with van der Waals surface area (Å²) in [5.74, 6) is -0.951. The number of nitrogens with one attached hydrogen (secondary N) is 1. The summed E-state index contributed by atoms with van der Waals surface area (Å²) in [5.41, 5.74) is 5.98. The summed E-state index contributed by atoms with van der Waals surface area (Å²) in [5, 5.41) is 23.4. The molecule has 0 saturated heterocycles. The molecule has 1 atom stereocenters. The molecule has 0 aliphatic carbocycles. The van der Waals surface area contributed by atoms with Crippen molar-refractivity contribution in [3.8, 4) is 11.1 Å². The maximum Gasteiger partial charge on any atom is 0.335 e. The van der Waals surface area contributed by atoms with Crippen molar-refractivity contribution in [3.63, 3.8) is 0 Å². The maximum atomic E-state index is 11.2. The van der Waals surface area contributed by atoms with Crippen LogP contribution in [0.3, 0.4) is 0 Å². The summed E-state index contributed by atoms with van der Waals surface area (Å²) in [4.78, 5) is 11.2. The smallest absolute Gasteiger partial charge is 0.335 e. The third-order valence-electron chi connectivity index (χ3n) is 3.86. The van der Waals surface area contributed by atoms with E-state index in [0.29, 0.717) is 0 Å². The molecule has 1 aliphatic heterocycles. The number of hydrogen-bond donors (Lipinski definition) is 3. The number of rotatable bonds is 2. The molecule has 1 aliphatic rings. The number of aromatic carboxylic acids is 1. The van der Waals surface area contributed by atoms with E-state index < -0.39 is 11.7 Å². The Morgan fingerprint density at radius 1 is 1.23 bits per heavy atom. The van der Waals surface area contributed by atoms with Crippen LogP contribution in [-0.4, -0.2) is 22.4 Å². The molecular formula is C17H16N2O3. The van der Waals surface area contributed by atoms with Gasteiger partial charge in [-0.3, -0.25) is 5.43 Å². The highest BCUT2D eigenvalue weighted by Crippen LogP contribution is 2.30. The van der Waals surface area contributed by atoms with Gasteiger partial charge >= 0.3 is 5.97 Å². The van der Waals surface area contributed by atoms with Gasteiger partial charge in [0.15, 0.2) is 5.72 Å². The van der Waals surface area contributed by atoms with Crippen LogP contribution in [0, 0.1) is 6.92 Å². The van der Waals surface area contributed by atoms with E-state index in [1.807, 2.05) is 25.1 Å². The molecule has 5 heteroatoms. The highest BCUT2D eigenvalue weighted by Gasteiger charge is 2.27. The van der Waals surface area contributed by atoms with Crippen LogP contribution in [-0.2, 0) is 5.72 Å². The van der Waals surface area contributed by atoms with Gasteiger partial charge in [-0.2, -0.15) is 5.10 Å². The Balaban J connectivity index is 2.13. The molecular weight excluding hydrogens is 280 g/mol. The van der Waals surface area contributed by atoms with Crippen LogP contribution in [0.15, 0.2) is 41.5 Å². The number of aliphatic hydroxyl groups is 1. The molecule has 0 fully saturated rings. The minimum absolute atomic E-state index is 0.251. The first-order valence-corrected chi connectivity index (χ1v) is 6.90. The van der Waals surface area contributed by atoms with Crippen molar-refractivity contribution < 1.29 is 15.0 Å². The van der Waals surface area contributed by atoms with Gasteiger partial charge in [-0.25, -0.2) is 4.79 Å². The lowest BCUT2D eigenvalue weighted by Gasteiger charge is -2.28. The predicted octanol–water partition coefficient (Wildman–Crippen LogP) is 2.46. The Labute approximate surface area is 127 Å². The van der Waals surface area contributed by atoms with Crippen molar-refractivity contribution in [2.75, 3.05) is 0 Å². The molecule has 5 nitrogen and oxygen atoms in total. The average Bonchev–Trinajstić information content (AvgIpc) is 2.46. The number of hydrogen-bond acceptors (Lipinski definition) is 4. The van der Waals surface area contributed by atoms with E-state index in [9.17, 15) is 9.90 Å². The van der Waals surface area contributed by atoms with Gasteiger partial charge < -0.3 is 10.2 Å². The summed E-state index contributed by atoms with van der Waals surface area (Å²) < 4.78 is 0. The van der Waals surface area contributed by atoms with Crippen LogP contribution in [0.1, 0.15) is 34.0 Å². The number of benzene rings is 2. The van der Waals surface area contributed by atoms with Gasteiger partial charge in [0.1, 0.15) is 0 Å². The molecule has 1 unspecified atom stereocenters. The van der Waals surface area contributed by atoms with Gasteiger partial charge in [-0.1, -0.05) is 18.2 Å². The van der Waals surface area contributed by atoms with Gasteiger partial charge in [0, 0.05) is 11.1 Å². The largest absolute Gasteiger partial charge is 0.478 e. The second-order valence-corrected chi connectivity index (χ2v) is 5.58. The normalized spacial score (nSPS) is 19.4. The van der Waals surface area contributed by atoms with E-state index in [1.54, 1.807) is 31.3 Å². The molecule has 1 heterocycles. The van der Waals surface area contributed by atoms with Crippen LogP contribution < -0.4 is 5.43 Å². The van der Waals surface area contributed by atoms with Crippen LogP contribution in [0.25, 0.3) is 11.1 Å². The molecule has 22 heavy (non-hydrogen) atoms. The van der Waals surface area contributed by atoms with Crippen molar-refractivity contribution in [1.29, 1.82) is 0 Å². The maximum absolute atomic E-state index is 11.2. The Bertz CT molecular complexity index is 794.